The second-order valence-electron chi connectivity index (χ2n) is 8.85. The maximum Gasteiger partial charge on any atom is 0.227 e. The van der Waals surface area contributed by atoms with E-state index in [4.69, 9.17) is 9.15 Å². The molecule has 1 amide bonds. The number of carbonyl (C=O) groups is 1. The number of aromatic nitrogens is 1. The number of amides is 1. The van der Waals surface area contributed by atoms with Crippen LogP contribution in [0.4, 0.5) is 8.78 Å². The van der Waals surface area contributed by atoms with Gasteiger partial charge in [-0.05, 0) is 35.7 Å². The van der Waals surface area contributed by atoms with Crippen LogP contribution in [0, 0.1) is 11.6 Å². The molecule has 0 aliphatic carbocycles. The van der Waals surface area contributed by atoms with Crippen molar-refractivity contribution in [1.29, 1.82) is 0 Å². The minimum Gasteiger partial charge on any atom is -0.502 e. The third-order valence-electron chi connectivity index (χ3n) is 6.56. The van der Waals surface area contributed by atoms with Gasteiger partial charge in [-0.2, -0.15) is 0 Å². The fourth-order valence-electron chi connectivity index (χ4n) is 4.81. The van der Waals surface area contributed by atoms with Crippen molar-refractivity contribution in [3.63, 3.8) is 0 Å². The van der Waals surface area contributed by atoms with Crippen LogP contribution in [0.15, 0.2) is 57.7 Å². The molecule has 2 aromatic carbocycles. The highest BCUT2D eigenvalue weighted by atomic mass is 19.2. The van der Waals surface area contributed by atoms with Crippen LogP contribution in [0.2, 0.25) is 0 Å². The van der Waals surface area contributed by atoms with Crippen molar-refractivity contribution >= 4 is 16.8 Å². The van der Waals surface area contributed by atoms with E-state index in [0.717, 1.165) is 34.8 Å². The summed E-state index contributed by atoms with van der Waals surface area (Å²) >= 11 is 0. The smallest absolute Gasteiger partial charge is 0.227 e. The second-order valence-corrected chi connectivity index (χ2v) is 8.85. The number of hydrogen-bond acceptors (Lipinski definition) is 5. The summed E-state index contributed by atoms with van der Waals surface area (Å²) < 4.78 is 38.6. The van der Waals surface area contributed by atoms with Crippen LogP contribution in [0.3, 0.4) is 0 Å². The third-order valence-corrected chi connectivity index (χ3v) is 6.56. The van der Waals surface area contributed by atoms with Crippen molar-refractivity contribution in [2.24, 2.45) is 0 Å². The fraction of sp³-hybridized carbons (Fsp3) is 0.259. The van der Waals surface area contributed by atoms with Gasteiger partial charge in [-0.1, -0.05) is 24.3 Å². The van der Waals surface area contributed by atoms with Gasteiger partial charge in [0, 0.05) is 42.7 Å². The average molecular weight is 494 g/mol. The van der Waals surface area contributed by atoms with Crippen molar-refractivity contribution in [3.05, 3.63) is 98.7 Å². The number of rotatable bonds is 6. The molecule has 4 aromatic rings. The number of methoxy groups -OCH3 is 1. The topological polar surface area (TPSA) is 95.8 Å². The van der Waals surface area contributed by atoms with E-state index in [1.54, 1.807) is 4.90 Å². The Balaban J connectivity index is 1.49. The van der Waals surface area contributed by atoms with Crippen molar-refractivity contribution in [2.75, 3.05) is 13.7 Å². The number of hydrogen-bond donors (Lipinski definition) is 2. The maximum atomic E-state index is 14.1. The summed E-state index contributed by atoms with van der Waals surface area (Å²) in [6.07, 6.45) is 0.429. The monoisotopic (exact) mass is 494 g/mol. The summed E-state index contributed by atoms with van der Waals surface area (Å²) in [5.74, 6) is -4.22. The van der Waals surface area contributed by atoms with E-state index in [0.29, 0.717) is 19.5 Å². The van der Waals surface area contributed by atoms with Gasteiger partial charge in [-0.3, -0.25) is 9.59 Å². The van der Waals surface area contributed by atoms with Crippen LogP contribution in [-0.2, 0) is 29.1 Å². The summed E-state index contributed by atoms with van der Waals surface area (Å²) in [6.45, 7) is 0.779. The van der Waals surface area contributed by atoms with Crippen molar-refractivity contribution in [1.82, 2.24) is 9.88 Å². The Morgan fingerprint density at radius 1 is 1.19 bits per heavy atom. The minimum atomic E-state index is -1.11. The number of para-hydroxylation sites is 1. The molecule has 36 heavy (non-hydrogen) atoms. The Hall–Kier alpha value is -3.98. The van der Waals surface area contributed by atoms with E-state index < -0.39 is 28.7 Å². The van der Waals surface area contributed by atoms with Gasteiger partial charge in [0.15, 0.2) is 17.4 Å². The molecule has 0 saturated carbocycles. The lowest BCUT2D eigenvalue weighted by Gasteiger charge is -2.29. The Morgan fingerprint density at radius 3 is 2.78 bits per heavy atom. The van der Waals surface area contributed by atoms with E-state index in [2.05, 4.69) is 4.98 Å². The highest BCUT2D eigenvalue weighted by Crippen LogP contribution is 2.35. The quantitative estimate of drug-likeness (QED) is 0.415. The fourth-order valence-corrected chi connectivity index (χ4v) is 4.81. The average Bonchev–Trinajstić information content (AvgIpc) is 3.24. The highest BCUT2D eigenvalue weighted by molar-refractivity contribution is 5.86. The van der Waals surface area contributed by atoms with Gasteiger partial charge in [-0.25, -0.2) is 8.78 Å². The molecule has 1 aliphatic heterocycles. The lowest BCUT2D eigenvalue weighted by Crippen LogP contribution is -2.36. The summed E-state index contributed by atoms with van der Waals surface area (Å²) in [5, 5.41) is 11.7. The predicted octanol–water partition coefficient (Wildman–Crippen LogP) is 4.36. The number of nitrogens with one attached hydrogen (secondary N) is 1. The number of nitrogens with zero attached hydrogens (tertiary/aromatic N) is 1. The van der Waals surface area contributed by atoms with Gasteiger partial charge in [0.05, 0.1) is 12.5 Å². The van der Waals surface area contributed by atoms with Gasteiger partial charge in [-0.15, -0.1) is 0 Å². The molecule has 186 valence electrons. The zero-order valence-corrected chi connectivity index (χ0v) is 19.5. The van der Waals surface area contributed by atoms with Crippen LogP contribution in [0.5, 0.6) is 5.75 Å². The number of aromatic hydroxyl groups is 1. The third kappa shape index (κ3) is 4.37. The largest absolute Gasteiger partial charge is 0.502 e. The second kappa shape index (κ2) is 9.58. The van der Waals surface area contributed by atoms with Crippen LogP contribution in [-0.4, -0.2) is 34.6 Å². The number of H-pyrrole nitrogens is 1. The zero-order valence-electron chi connectivity index (χ0n) is 19.5. The van der Waals surface area contributed by atoms with Gasteiger partial charge in [0.1, 0.15) is 12.4 Å². The first kappa shape index (κ1) is 23.7. The molecule has 9 heteroatoms. The van der Waals surface area contributed by atoms with Crippen molar-refractivity contribution in [3.8, 4) is 5.75 Å². The molecule has 0 fully saturated rings. The first-order chi connectivity index (χ1) is 17.4. The first-order valence-electron chi connectivity index (χ1n) is 11.5. The summed E-state index contributed by atoms with van der Waals surface area (Å²) in [7, 11) is 1.41. The Morgan fingerprint density at radius 2 is 2.00 bits per heavy atom. The highest BCUT2D eigenvalue weighted by Gasteiger charge is 2.31. The lowest BCUT2D eigenvalue weighted by atomic mass is 9.91. The van der Waals surface area contributed by atoms with Crippen LogP contribution >= 0.6 is 0 Å². The van der Waals surface area contributed by atoms with Gasteiger partial charge >= 0.3 is 0 Å². The normalized spacial score (nSPS) is 14.1. The molecule has 3 heterocycles. The number of aromatic amines is 1. The molecule has 1 atom stereocenters. The summed E-state index contributed by atoms with van der Waals surface area (Å²) in [4.78, 5) is 30.9. The van der Waals surface area contributed by atoms with E-state index in [1.807, 2.05) is 24.3 Å². The van der Waals surface area contributed by atoms with Crippen LogP contribution < -0.4 is 5.43 Å². The maximum absolute atomic E-state index is 14.1. The molecule has 0 radical (unpaired) electrons. The number of carbonyl (C=O) groups excluding carboxylic acids is 1. The molecule has 2 aromatic heterocycles. The SMILES string of the molecule is COCc1cc(=O)c(O)c([C@H](CC(=O)N2CCc3c([nH]c4ccccc34)C2)c2ccc(F)c(F)c2)o1. The lowest BCUT2D eigenvalue weighted by molar-refractivity contribution is -0.132. The summed E-state index contributed by atoms with van der Waals surface area (Å²) in [5.41, 5.74) is 2.58. The van der Waals surface area contributed by atoms with Crippen LogP contribution in [0.25, 0.3) is 10.9 Å². The van der Waals surface area contributed by atoms with E-state index >= 15 is 0 Å². The van der Waals surface area contributed by atoms with Gasteiger partial charge in [0.25, 0.3) is 0 Å². The van der Waals surface area contributed by atoms with E-state index in [9.17, 15) is 23.5 Å². The van der Waals surface area contributed by atoms with Crippen LogP contribution in [0.1, 0.15) is 40.7 Å². The number of halogens is 2. The molecule has 0 unspecified atom stereocenters. The molecule has 0 spiro atoms. The van der Waals surface area contributed by atoms with Crippen molar-refractivity contribution < 1.29 is 27.8 Å². The molecule has 0 bridgehead atoms. The van der Waals surface area contributed by atoms with Crippen molar-refractivity contribution in [2.45, 2.75) is 31.9 Å². The van der Waals surface area contributed by atoms with E-state index in [-0.39, 0.29) is 36.0 Å². The zero-order chi connectivity index (χ0) is 25.4. The van der Waals surface area contributed by atoms with Gasteiger partial charge < -0.3 is 24.1 Å². The molecule has 2 N–H and O–H groups in total. The molecular formula is C27H24F2N2O5. The Bertz CT molecular complexity index is 1510. The van der Waals surface area contributed by atoms with Gasteiger partial charge in [0.2, 0.25) is 17.1 Å². The summed E-state index contributed by atoms with van der Waals surface area (Å²) in [6, 6.07) is 12.2. The number of benzene rings is 2. The standard InChI is InChI=1S/C27H24F2N2O5/c1-35-14-16-11-24(32)26(34)27(36-16)19(15-6-7-20(28)21(29)10-15)12-25(33)31-9-8-18-17-4-2-3-5-22(17)30-23(18)13-31/h2-7,10-11,19,30,34H,8-9,12-14H2,1H3/t19-/m1/s1. The molecule has 7 nitrogen and oxygen atoms in total. The molecule has 1 aliphatic rings. The molecule has 5 rings (SSSR count). The molecular weight excluding hydrogens is 470 g/mol. The first-order valence-corrected chi connectivity index (χ1v) is 11.5. The van der Waals surface area contributed by atoms with E-state index in [1.165, 1.54) is 18.7 Å². The number of ether oxygens (including phenoxy) is 1. The Kier molecular flexibility index (Phi) is 6.32. The Labute approximate surface area is 204 Å². The minimum absolute atomic E-state index is 0.0454. The number of fused-ring (bicyclic) bond motifs is 3. The predicted molar refractivity (Wildman–Crippen MR) is 128 cm³/mol. The molecule has 0 saturated heterocycles.